The van der Waals surface area contributed by atoms with E-state index >= 15 is 0 Å². The molecule has 0 bridgehead atoms. The summed E-state index contributed by atoms with van der Waals surface area (Å²) in [4.78, 5) is 34.0. The van der Waals surface area contributed by atoms with Gasteiger partial charge in [-0.3, -0.25) is 14.0 Å². The molecule has 6 nitrogen and oxygen atoms in total. The van der Waals surface area contributed by atoms with Crippen molar-refractivity contribution < 1.29 is 9.21 Å². The number of nitrogens with zero attached hydrogens (tertiary/aromatic N) is 3. The van der Waals surface area contributed by atoms with Crippen molar-refractivity contribution in [1.29, 1.82) is 0 Å². The van der Waals surface area contributed by atoms with Gasteiger partial charge in [-0.15, -0.1) is 11.3 Å². The molecule has 1 aliphatic heterocycles. The number of furan rings is 1. The summed E-state index contributed by atoms with van der Waals surface area (Å²) in [6.45, 7) is 6.62. The largest absolute Gasteiger partial charge is 0.467 e. The highest BCUT2D eigenvalue weighted by Gasteiger charge is 2.34. The molecule has 26 heavy (non-hydrogen) atoms. The number of carbonyl (C=O) groups is 1. The van der Waals surface area contributed by atoms with Gasteiger partial charge in [0, 0.05) is 23.3 Å². The second-order valence-corrected chi connectivity index (χ2v) is 8.18. The van der Waals surface area contributed by atoms with Gasteiger partial charge in [-0.1, -0.05) is 6.92 Å². The molecule has 7 heteroatoms. The zero-order valence-electron chi connectivity index (χ0n) is 15.1. The van der Waals surface area contributed by atoms with Gasteiger partial charge in [-0.25, -0.2) is 4.98 Å². The molecule has 1 amide bonds. The second kappa shape index (κ2) is 6.39. The molecular formula is C19H21N3O3S. The van der Waals surface area contributed by atoms with Crippen LogP contribution in [0.15, 0.2) is 33.8 Å². The molecule has 4 heterocycles. The molecule has 2 atom stereocenters. The maximum atomic E-state index is 13.2. The van der Waals surface area contributed by atoms with Crippen LogP contribution in [0.1, 0.15) is 52.5 Å². The minimum absolute atomic E-state index is 0.120. The van der Waals surface area contributed by atoms with Gasteiger partial charge in [-0.2, -0.15) is 0 Å². The first-order valence-electron chi connectivity index (χ1n) is 8.79. The third kappa shape index (κ3) is 2.67. The molecule has 136 valence electrons. The van der Waals surface area contributed by atoms with Crippen molar-refractivity contribution in [2.45, 2.75) is 39.7 Å². The zero-order valence-corrected chi connectivity index (χ0v) is 15.9. The van der Waals surface area contributed by atoms with E-state index in [1.807, 2.05) is 26.0 Å². The van der Waals surface area contributed by atoms with E-state index in [1.165, 1.54) is 17.5 Å². The molecular weight excluding hydrogens is 350 g/mol. The monoisotopic (exact) mass is 371 g/mol. The second-order valence-electron chi connectivity index (χ2n) is 7.00. The van der Waals surface area contributed by atoms with E-state index in [1.54, 1.807) is 15.6 Å². The lowest BCUT2D eigenvalue weighted by Crippen LogP contribution is -2.42. The average molecular weight is 371 g/mol. The van der Waals surface area contributed by atoms with Gasteiger partial charge >= 0.3 is 0 Å². The van der Waals surface area contributed by atoms with E-state index in [-0.39, 0.29) is 23.1 Å². The molecule has 0 unspecified atom stereocenters. The number of amides is 1. The third-order valence-electron chi connectivity index (χ3n) is 5.25. The van der Waals surface area contributed by atoms with Crippen molar-refractivity contribution >= 4 is 22.2 Å². The molecule has 0 N–H and O–H groups in total. The molecule has 3 aromatic heterocycles. The fourth-order valence-corrected chi connectivity index (χ4v) is 4.54. The van der Waals surface area contributed by atoms with Crippen molar-refractivity contribution in [2.24, 2.45) is 5.92 Å². The highest BCUT2D eigenvalue weighted by Crippen LogP contribution is 2.35. The predicted molar refractivity (Wildman–Crippen MR) is 99.7 cm³/mol. The topological polar surface area (TPSA) is 67.8 Å². The average Bonchev–Trinajstić information content (AvgIpc) is 3.24. The van der Waals surface area contributed by atoms with Crippen LogP contribution in [0.5, 0.6) is 0 Å². The van der Waals surface area contributed by atoms with E-state index in [9.17, 15) is 9.59 Å². The number of fused-ring (bicyclic) bond motifs is 1. The highest BCUT2D eigenvalue weighted by atomic mass is 32.1. The fraction of sp³-hybridized carbons (Fsp3) is 0.421. The van der Waals surface area contributed by atoms with Crippen molar-refractivity contribution in [3.63, 3.8) is 0 Å². The summed E-state index contributed by atoms with van der Waals surface area (Å²) >= 11 is 1.46. The number of piperidine rings is 1. The minimum Gasteiger partial charge on any atom is -0.467 e. The van der Waals surface area contributed by atoms with Gasteiger partial charge in [0.2, 0.25) is 0 Å². The SMILES string of the molecule is Cc1sc2ncc(C(=O)N3CC[C@H](C)C[C@@H]3c3ccco3)c(=O)n2c1C. The summed E-state index contributed by atoms with van der Waals surface area (Å²) in [6.07, 6.45) is 4.78. The number of aryl methyl sites for hydroxylation is 2. The first kappa shape index (κ1) is 17.0. The van der Waals surface area contributed by atoms with Crippen molar-refractivity contribution in [1.82, 2.24) is 14.3 Å². The maximum Gasteiger partial charge on any atom is 0.271 e. The van der Waals surface area contributed by atoms with E-state index in [0.29, 0.717) is 17.4 Å². The Bertz CT molecular complexity index is 1020. The van der Waals surface area contributed by atoms with Crippen LogP contribution in [0.25, 0.3) is 4.96 Å². The summed E-state index contributed by atoms with van der Waals surface area (Å²) < 4.78 is 7.11. The summed E-state index contributed by atoms with van der Waals surface area (Å²) in [6, 6.07) is 3.58. The number of carbonyl (C=O) groups excluding carboxylic acids is 1. The van der Waals surface area contributed by atoms with Crippen LogP contribution in [-0.2, 0) is 0 Å². The van der Waals surface area contributed by atoms with Gasteiger partial charge in [0.05, 0.1) is 12.3 Å². The van der Waals surface area contributed by atoms with Gasteiger partial charge < -0.3 is 9.32 Å². The standard InChI is InChI=1S/C19H21N3O3S/c1-11-6-7-21(15(9-11)16-5-4-8-25-16)17(23)14-10-20-19-22(18(14)24)12(2)13(3)26-19/h4-5,8,10-11,15H,6-7,9H2,1-3H3/t11-,15+/m0/s1. The summed E-state index contributed by atoms with van der Waals surface area (Å²) in [5.41, 5.74) is 0.667. The zero-order chi connectivity index (χ0) is 18.4. The van der Waals surface area contributed by atoms with Crippen LogP contribution >= 0.6 is 11.3 Å². The molecule has 0 radical (unpaired) electrons. The summed E-state index contributed by atoms with van der Waals surface area (Å²) in [7, 11) is 0. The van der Waals surface area contributed by atoms with Crippen molar-refractivity contribution in [2.75, 3.05) is 6.54 Å². The Hall–Kier alpha value is -2.41. The fourth-order valence-electron chi connectivity index (χ4n) is 3.61. The van der Waals surface area contributed by atoms with Crippen LogP contribution in [0.2, 0.25) is 0 Å². The quantitative estimate of drug-likeness (QED) is 0.690. The van der Waals surface area contributed by atoms with Gasteiger partial charge in [0.25, 0.3) is 11.5 Å². The number of aromatic nitrogens is 2. The van der Waals surface area contributed by atoms with Crippen molar-refractivity contribution in [3.05, 3.63) is 56.8 Å². The van der Waals surface area contributed by atoms with E-state index in [2.05, 4.69) is 11.9 Å². The van der Waals surface area contributed by atoms with E-state index < -0.39 is 0 Å². The molecule has 1 saturated heterocycles. The summed E-state index contributed by atoms with van der Waals surface area (Å²) in [5.74, 6) is 0.993. The predicted octanol–water partition coefficient (Wildman–Crippen LogP) is 3.58. The smallest absolute Gasteiger partial charge is 0.271 e. The first-order chi connectivity index (χ1) is 12.5. The van der Waals surface area contributed by atoms with Crippen LogP contribution in [-0.4, -0.2) is 26.7 Å². The first-order valence-corrected chi connectivity index (χ1v) is 9.61. The van der Waals surface area contributed by atoms with Crippen molar-refractivity contribution in [3.8, 4) is 0 Å². The van der Waals surface area contributed by atoms with Crippen LogP contribution in [0.3, 0.4) is 0 Å². The lowest BCUT2D eigenvalue weighted by atomic mass is 9.90. The minimum atomic E-state index is -0.293. The number of likely N-dealkylation sites (tertiary alicyclic amines) is 1. The van der Waals surface area contributed by atoms with Gasteiger partial charge in [0.1, 0.15) is 11.3 Å². The Balaban J connectivity index is 1.77. The van der Waals surface area contributed by atoms with Gasteiger partial charge in [-0.05, 0) is 44.7 Å². The van der Waals surface area contributed by atoms with Crippen LogP contribution in [0, 0.1) is 19.8 Å². The molecule has 4 rings (SSSR count). The normalized spacial score (nSPS) is 20.7. The number of hydrogen-bond donors (Lipinski definition) is 0. The number of thiazole rings is 1. The van der Waals surface area contributed by atoms with E-state index in [0.717, 1.165) is 29.2 Å². The molecule has 1 aliphatic rings. The Kier molecular flexibility index (Phi) is 4.19. The highest BCUT2D eigenvalue weighted by molar-refractivity contribution is 7.17. The Morgan fingerprint density at radius 2 is 2.19 bits per heavy atom. The third-order valence-corrected chi connectivity index (χ3v) is 6.32. The Labute approximate surface area is 155 Å². The molecule has 1 fully saturated rings. The Morgan fingerprint density at radius 1 is 1.38 bits per heavy atom. The molecule has 0 spiro atoms. The van der Waals surface area contributed by atoms with E-state index in [4.69, 9.17) is 4.42 Å². The molecule has 0 saturated carbocycles. The van der Waals surface area contributed by atoms with Crippen LogP contribution in [0.4, 0.5) is 0 Å². The summed E-state index contributed by atoms with van der Waals surface area (Å²) in [5, 5.41) is 0. The Morgan fingerprint density at radius 3 is 2.92 bits per heavy atom. The lowest BCUT2D eigenvalue weighted by Gasteiger charge is -2.37. The number of rotatable bonds is 2. The lowest BCUT2D eigenvalue weighted by molar-refractivity contribution is 0.0518. The molecule has 0 aromatic carbocycles. The number of hydrogen-bond acceptors (Lipinski definition) is 5. The molecule has 0 aliphatic carbocycles. The van der Waals surface area contributed by atoms with Gasteiger partial charge in [0.15, 0.2) is 4.96 Å². The molecule has 3 aromatic rings. The maximum absolute atomic E-state index is 13.2. The van der Waals surface area contributed by atoms with Crippen LogP contribution < -0.4 is 5.56 Å².